The van der Waals surface area contributed by atoms with E-state index in [1.54, 1.807) is 0 Å². The van der Waals surface area contributed by atoms with Crippen molar-refractivity contribution in [1.82, 2.24) is 4.90 Å². The van der Waals surface area contributed by atoms with Gasteiger partial charge in [-0.2, -0.15) is 0 Å². The molecule has 0 aromatic heterocycles. The standard InChI is InChI=1S/C10H19NO/c1-5-7-9(11(3)4)8-10(12)6-2/h6,9H,2,5,7-8H2,1,3-4H3. The first-order valence-electron chi connectivity index (χ1n) is 4.43. The summed E-state index contributed by atoms with van der Waals surface area (Å²) in [6.07, 6.45) is 4.20. The van der Waals surface area contributed by atoms with E-state index in [2.05, 4.69) is 18.4 Å². The van der Waals surface area contributed by atoms with Crippen LogP contribution in [-0.4, -0.2) is 30.8 Å². The molecule has 1 atom stereocenters. The molecule has 2 nitrogen and oxygen atoms in total. The molecular formula is C10H19NO. The van der Waals surface area contributed by atoms with Crippen LogP contribution in [0.25, 0.3) is 0 Å². The van der Waals surface area contributed by atoms with Crippen molar-refractivity contribution in [2.24, 2.45) is 0 Å². The van der Waals surface area contributed by atoms with Gasteiger partial charge in [0, 0.05) is 12.5 Å². The van der Waals surface area contributed by atoms with Crippen LogP contribution in [0.2, 0.25) is 0 Å². The Bertz CT molecular complexity index is 152. The highest BCUT2D eigenvalue weighted by Gasteiger charge is 2.12. The Morgan fingerprint density at radius 1 is 1.58 bits per heavy atom. The van der Waals surface area contributed by atoms with Crippen LogP contribution in [-0.2, 0) is 4.79 Å². The van der Waals surface area contributed by atoms with Crippen LogP contribution in [0, 0.1) is 0 Å². The number of hydrogen-bond acceptors (Lipinski definition) is 2. The van der Waals surface area contributed by atoms with Gasteiger partial charge < -0.3 is 4.90 Å². The number of allylic oxidation sites excluding steroid dienone is 1. The van der Waals surface area contributed by atoms with Crippen LogP contribution in [0.3, 0.4) is 0 Å². The second-order valence-corrected chi connectivity index (χ2v) is 3.28. The Morgan fingerprint density at radius 2 is 2.17 bits per heavy atom. The fraction of sp³-hybridized carbons (Fsp3) is 0.700. The van der Waals surface area contributed by atoms with E-state index in [1.165, 1.54) is 6.08 Å². The predicted octanol–water partition coefficient (Wildman–Crippen LogP) is 1.86. The van der Waals surface area contributed by atoms with Gasteiger partial charge in [0.15, 0.2) is 5.78 Å². The third-order valence-corrected chi connectivity index (χ3v) is 2.02. The molecule has 0 heterocycles. The van der Waals surface area contributed by atoms with Gasteiger partial charge in [-0.3, -0.25) is 4.79 Å². The quantitative estimate of drug-likeness (QED) is 0.566. The Hall–Kier alpha value is -0.630. The van der Waals surface area contributed by atoms with E-state index >= 15 is 0 Å². The van der Waals surface area contributed by atoms with Crippen molar-refractivity contribution >= 4 is 5.78 Å². The Balaban J connectivity index is 3.94. The summed E-state index contributed by atoms with van der Waals surface area (Å²) in [5.41, 5.74) is 0. The van der Waals surface area contributed by atoms with E-state index in [1.807, 2.05) is 14.1 Å². The summed E-state index contributed by atoms with van der Waals surface area (Å²) >= 11 is 0. The molecule has 2 heteroatoms. The van der Waals surface area contributed by atoms with Crippen molar-refractivity contribution < 1.29 is 4.79 Å². The van der Waals surface area contributed by atoms with Crippen molar-refractivity contribution in [2.75, 3.05) is 14.1 Å². The molecule has 1 unspecified atom stereocenters. The normalized spacial score (nSPS) is 13.0. The summed E-state index contributed by atoms with van der Waals surface area (Å²) in [4.78, 5) is 13.2. The molecule has 0 amide bonds. The van der Waals surface area contributed by atoms with E-state index in [0.29, 0.717) is 12.5 Å². The molecule has 12 heavy (non-hydrogen) atoms. The van der Waals surface area contributed by atoms with E-state index < -0.39 is 0 Å². The topological polar surface area (TPSA) is 20.3 Å². The monoisotopic (exact) mass is 169 g/mol. The highest BCUT2D eigenvalue weighted by atomic mass is 16.1. The second kappa shape index (κ2) is 5.95. The Labute approximate surface area is 75.3 Å². The third-order valence-electron chi connectivity index (χ3n) is 2.02. The maximum absolute atomic E-state index is 11.1. The molecule has 0 rings (SSSR count). The number of ketones is 1. The van der Waals surface area contributed by atoms with Gasteiger partial charge in [0.05, 0.1) is 0 Å². The average molecular weight is 169 g/mol. The molecular weight excluding hydrogens is 150 g/mol. The molecule has 0 saturated carbocycles. The maximum atomic E-state index is 11.1. The van der Waals surface area contributed by atoms with Crippen LogP contribution in [0.15, 0.2) is 12.7 Å². The van der Waals surface area contributed by atoms with Crippen molar-refractivity contribution in [3.05, 3.63) is 12.7 Å². The van der Waals surface area contributed by atoms with Crippen LogP contribution in [0.1, 0.15) is 26.2 Å². The lowest BCUT2D eigenvalue weighted by Crippen LogP contribution is -2.29. The number of carbonyl (C=O) groups excluding carboxylic acids is 1. The van der Waals surface area contributed by atoms with Gasteiger partial charge in [0.1, 0.15) is 0 Å². The Morgan fingerprint density at radius 3 is 2.50 bits per heavy atom. The molecule has 0 saturated heterocycles. The van der Waals surface area contributed by atoms with Crippen LogP contribution in [0.5, 0.6) is 0 Å². The van der Waals surface area contributed by atoms with Crippen LogP contribution >= 0.6 is 0 Å². The summed E-state index contributed by atoms with van der Waals surface area (Å²) in [7, 11) is 4.02. The van der Waals surface area contributed by atoms with Crippen LogP contribution < -0.4 is 0 Å². The number of hydrogen-bond donors (Lipinski definition) is 0. The smallest absolute Gasteiger partial charge is 0.156 e. The van der Waals surface area contributed by atoms with Gasteiger partial charge in [-0.15, -0.1) is 0 Å². The molecule has 0 aliphatic heterocycles. The van der Waals surface area contributed by atoms with Gasteiger partial charge in [0.2, 0.25) is 0 Å². The van der Waals surface area contributed by atoms with Gasteiger partial charge in [-0.05, 0) is 26.6 Å². The van der Waals surface area contributed by atoms with Crippen LogP contribution in [0.4, 0.5) is 0 Å². The molecule has 0 aliphatic rings. The van der Waals surface area contributed by atoms with E-state index in [9.17, 15) is 4.79 Å². The van der Waals surface area contributed by atoms with Gasteiger partial charge >= 0.3 is 0 Å². The third kappa shape index (κ3) is 4.29. The van der Waals surface area contributed by atoms with Gasteiger partial charge in [-0.1, -0.05) is 19.9 Å². The second-order valence-electron chi connectivity index (χ2n) is 3.28. The SMILES string of the molecule is C=CC(=O)CC(CCC)N(C)C. The first kappa shape index (κ1) is 11.4. The molecule has 0 bridgehead atoms. The largest absolute Gasteiger partial charge is 0.306 e. The fourth-order valence-electron chi connectivity index (χ4n) is 1.19. The minimum atomic E-state index is 0.141. The lowest BCUT2D eigenvalue weighted by atomic mass is 10.0. The zero-order chi connectivity index (χ0) is 9.56. The van der Waals surface area contributed by atoms with Crippen molar-refractivity contribution in [2.45, 2.75) is 32.2 Å². The number of nitrogens with zero attached hydrogens (tertiary/aromatic N) is 1. The minimum Gasteiger partial charge on any atom is -0.306 e. The van der Waals surface area contributed by atoms with Gasteiger partial charge in [-0.25, -0.2) is 0 Å². The van der Waals surface area contributed by atoms with Crippen molar-refractivity contribution in [1.29, 1.82) is 0 Å². The van der Waals surface area contributed by atoms with Crippen molar-refractivity contribution in [3.8, 4) is 0 Å². The zero-order valence-electron chi connectivity index (χ0n) is 8.34. The summed E-state index contributed by atoms with van der Waals surface area (Å²) < 4.78 is 0. The minimum absolute atomic E-state index is 0.141. The average Bonchev–Trinajstić information content (AvgIpc) is 2.03. The molecule has 0 aromatic rings. The summed E-state index contributed by atoms with van der Waals surface area (Å²) in [5, 5.41) is 0. The van der Waals surface area contributed by atoms with E-state index in [-0.39, 0.29) is 5.78 Å². The molecule has 0 N–H and O–H groups in total. The first-order chi connectivity index (χ1) is 5.61. The van der Waals surface area contributed by atoms with Gasteiger partial charge in [0.25, 0.3) is 0 Å². The molecule has 70 valence electrons. The van der Waals surface area contributed by atoms with E-state index in [0.717, 1.165) is 12.8 Å². The highest BCUT2D eigenvalue weighted by molar-refractivity contribution is 5.89. The summed E-state index contributed by atoms with van der Waals surface area (Å²) in [6.45, 7) is 5.60. The lowest BCUT2D eigenvalue weighted by molar-refractivity contribution is -0.115. The molecule has 0 spiro atoms. The molecule has 0 aromatic carbocycles. The summed E-state index contributed by atoms with van der Waals surface area (Å²) in [5.74, 6) is 0.141. The maximum Gasteiger partial charge on any atom is 0.156 e. The van der Waals surface area contributed by atoms with Crippen molar-refractivity contribution in [3.63, 3.8) is 0 Å². The molecule has 0 aliphatic carbocycles. The lowest BCUT2D eigenvalue weighted by Gasteiger charge is -2.22. The molecule has 0 fully saturated rings. The predicted molar refractivity (Wildman–Crippen MR) is 52.2 cm³/mol. The molecule has 0 radical (unpaired) electrons. The highest BCUT2D eigenvalue weighted by Crippen LogP contribution is 2.08. The first-order valence-corrected chi connectivity index (χ1v) is 4.43. The fourth-order valence-corrected chi connectivity index (χ4v) is 1.19. The summed E-state index contributed by atoms with van der Waals surface area (Å²) in [6, 6.07) is 0.375. The number of rotatable bonds is 6. The Kier molecular flexibility index (Phi) is 5.64. The van der Waals surface area contributed by atoms with E-state index in [4.69, 9.17) is 0 Å². The number of carbonyl (C=O) groups is 1. The zero-order valence-corrected chi connectivity index (χ0v) is 8.34.